The third-order valence-electron chi connectivity index (χ3n) is 4.55. The Hall–Kier alpha value is -2.64. The molecule has 0 heterocycles. The second-order valence-electron chi connectivity index (χ2n) is 6.31. The van der Waals surface area contributed by atoms with Crippen molar-refractivity contribution in [2.24, 2.45) is 0 Å². The van der Waals surface area contributed by atoms with E-state index in [0.717, 1.165) is 0 Å². The van der Waals surface area contributed by atoms with E-state index in [0.29, 0.717) is 0 Å². The van der Waals surface area contributed by atoms with Gasteiger partial charge in [0.05, 0.1) is 5.54 Å². The number of allylic oxidation sites excluding steroid dienone is 1. The van der Waals surface area contributed by atoms with Gasteiger partial charge in [-0.15, -0.1) is 0 Å². The Morgan fingerprint density at radius 2 is 1.04 bits per heavy atom. The van der Waals surface area contributed by atoms with E-state index in [9.17, 15) is 0 Å². The Bertz CT molecular complexity index is 695. The molecule has 0 aliphatic heterocycles. The predicted molar refractivity (Wildman–Crippen MR) is 107 cm³/mol. The van der Waals surface area contributed by atoms with Gasteiger partial charge in [-0.25, -0.2) is 0 Å². The van der Waals surface area contributed by atoms with Crippen LogP contribution < -0.4 is 5.32 Å². The molecular weight excluding hydrogens is 302 g/mol. The van der Waals surface area contributed by atoms with Crippen LogP contribution in [0.3, 0.4) is 0 Å². The van der Waals surface area contributed by atoms with Gasteiger partial charge in [-0.3, -0.25) is 5.32 Å². The number of benzene rings is 3. The minimum absolute atomic E-state index is 0.227. The van der Waals surface area contributed by atoms with E-state index >= 15 is 0 Å². The van der Waals surface area contributed by atoms with Gasteiger partial charge < -0.3 is 0 Å². The molecule has 1 heteroatoms. The van der Waals surface area contributed by atoms with Gasteiger partial charge in [0.15, 0.2) is 0 Å². The zero-order valence-corrected chi connectivity index (χ0v) is 14.9. The first-order chi connectivity index (χ1) is 12.3. The molecule has 1 atom stereocenters. The summed E-state index contributed by atoms with van der Waals surface area (Å²) in [6.45, 7) is 4.26. The Balaban J connectivity index is 2.27. The maximum Gasteiger partial charge on any atom is 0.0952 e. The molecule has 0 aromatic heterocycles. The quantitative estimate of drug-likeness (QED) is 0.463. The molecule has 0 aliphatic rings. The average molecular weight is 327 g/mol. The summed E-state index contributed by atoms with van der Waals surface area (Å²) in [5.41, 5.74) is 3.32. The van der Waals surface area contributed by atoms with E-state index in [4.69, 9.17) is 0 Å². The van der Waals surface area contributed by atoms with Gasteiger partial charge in [0.1, 0.15) is 0 Å². The molecule has 0 saturated carbocycles. The summed E-state index contributed by atoms with van der Waals surface area (Å²) in [5, 5.41) is 3.89. The van der Waals surface area contributed by atoms with Crippen molar-refractivity contribution in [3.05, 3.63) is 120 Å². The van der Waals surface area contributed by atoms with Crippen molar-refractivity contribution in [1.29, 1.82) is 0 Å². The van der Waals surface area contributed by atoms with Crippen molar-refractivity contribution < 1.29 is 0 Å². The molecule has 3 rings (SSSR count). The lowest BCUT2D eigenvalue weighted by molar-refractivity contribution is 0.445. The van der Waals surface area contributed by atoms with Crippen LogP contribution >= 0.6 is 0 Å². The van der Waals surface area contributed by atoms with Gasteiger partial charge in [-0.2, -0.15) is 0 Å². The predicted octanol–water partition coefficient (Wildman–Crippen LogP) is 5.53. The van der Waals surface area contributed by atoms with Crippen LogP contribution in [0.4, 0.5) is 0 Å². The molecule has 0 aliphatic carbocycles. The summed E-state index contributed by atoms with van der Waals surface area (Å²) < 4.78 is 0. The number of rotatable bonds is 6. The van der Waals surface area contributed by atoms with E-state index < -0.39 is 5.54 Å². The fourth-order valence-corrected chi connectivity index (χ4v) is 3.49. The molecule has 0 radical (unpaired) electrons. The van der Waals surface area contributed by atoms with Crippen molar-refractivity contribution in [3.8, 4) is 0 Å². The lowest BCUT2D eigenvalue weighted by Crippen LogP contribution is -2.48. The summed E-state index contributed by atoms with van der Waals surface area (Å²) in [6, 6.07) is 32.3. The Morgan fingerprint density at radius 1 is 0.680 bits per heavy atom. The molecule has 0 spiro atoms. The molecule has 0 amide bonds. The molecule has 1 nitrogen and oxygen atoms in total. The van der Waals surface area contributed by atoms with Crippen molar-refractivity contribution in [3.63, 3.8) is 0 Å². The molecule has 1 unspecified atom stereocenters. The van der Waals surface area contributed by atoms with E-state index in [2.05, 4.69) is 122 Å². The highest BCUT2D eigenvalue weighted by Crippen LogP contribution is 2.37. The van der Waals surface area contributed by atoms with Gasteiger partial charge >= 0.3 is 0 Å². The zero-order chi connectivity index (χ0) is 17.5. The monoisotopic (exact) mass is 327 g/mol. The zero-order valence-electron chi connectivity index (χ0n) is 14.9. The van der Waals surface area contributed by atoms with Gasteiger partial charge in [-0.05, 0) is 30.5 Å². The van der Waals surface area contributed by atoms with Gasteiger partial charge in [-0.1, -0.05) is 103 Å². The minimum Gasteiger partial charge on any atom is -0.294 e. The third kappa shape index (κ3) is 3.57. The SMILES string of the molecule is C/C=C/C(C)NC(c1ccccc1)(c1ccccc1)c1ccccc1. The van der Waals surface area contributed by atoms with Crippen LogP contribution in [0.5, 0.6) is 0 Å². The highest BCUT2D eigenvalue weighted by Gasteiger charge is 2.36. The second-order valence-corrected chi connectivity index (χ2v) is 6.31. The Labute approximate surface area is 151 Å². The molecular formula is C24H25N. The van der Waals surface area contributed by atoms with Gasteiger partial charge in [0.2, 0.25) is 0 Å². The maximum absolute atomic E-state index is 3.89. The Morgan fingerprint density at radius 3 is 1.36 bits per heavy atom. The third-order valence-corrected chi connectivity index (χ3v) is 4.55. The molecule has 0 fully saturated rings. The maximum atomic E-state index is 3.89. The summed E-state index contributed by atoms with van der Waals surface area (Å²) in [7, 11) is 0. The summed E-state index contributed by atoms with van der Waals surface area (Å²) in [5.74, 6) is 0. The van der Waals surface area contributed by atoms with E-state index in [1.165, 1.54) is 16.7 Å². The smallest absolute Gasteiger partial charge is 0.0952 e. The number of nitrogens with one attached hydrogen (secondary N) is 1. The Kier molecular flexibility index (Phi) is 5.47. The highest BCUT2D eigenvalue weighted by molar-refractivity contribution is 5.49. The van der Waals surface area contributed by atoms with Crippen molar-refractivity contribution in [2.75, 3.05) is 0 Å². The van der Waals surface area contributed by atoms with Crippen LogP contribution in [-0.4, -0.2) is 6.04 Å². The lowest BCUT2D eigenvalue weighted by atomic mass is 9.76. The molecule has 3 aromatic rings. The first kappa shape index (κ1) is 17.2. The van der Waals surface area contributed by atoms with E-state index in [-0.39, 0.29) is 6.04 Å². The first-order valence-corrected chi connectivity index (χ1v) is 8.84. The fourth-order valence-electron chi connectivity index (χ4n) is 3.49. The van der Waals surface area contributed by atoms with Crippen molar-refractivity contribution in [1.82, 2.24) is 5.32 Å². The first-order valence-electron chi connectivity index (χ1n) is 8.84. The minimum atomic E-state index is -0.400. The molecule has 126 valence electrons. The van der Waals surface area contributed by atoms with Gasteiger partial charge in [0.25, 0.3) is 0 Å². The van der Waals surface area contributed by atoms with E-state index in [1.807, 2.05) is 0 Å². The highest BCUT2D eigenvalue weighted by atomic mass is 15.0. The van der Waals surface area contributed by atoms with E-state index in [1.54, 1.807) is 0 Å². The van der Waals surface area contributed by atoms with Crippen molar-refractivity contribution in [2.45, 2.75) is 25.4 Å². The summed E-state index contributed by atoms with van der Waals surface area (Å²) >= 11 is 0. The summed E-state index contributed by atoms with van der Waals surface area (Å²) in [4.78, 5) is 0. The topological polar surface area (TPSA) is 12.0 Å². The fraction of sp³-hybridized carbons (Fsp3) is 0.167. The van der Waals surface area contributed by atoms with Crippen LogP contribution in [0.25, 0.3) is 0 Å². The van der Waals surface area contributed by atoms with Gasteiger partial charge in [0, 0.05) is 6.04 Å². The molecule has 3 aromatic carbocycles. The largest absolute Gasteiger partial charge is 0.294 e. The number of hydrogen-bond donors (Lipinski definition) is 1. The van der Waals surface area contributed by atoms with Crippen molar-refractivity contribution >= 4 is 0 Å². The number of hydrogen-bond acceptors (Lipinski definition) is 1. The summed E-state index contributed by atoms with van der Waals surface area (Å²) in [6.07, 6.45) is 4.30. The molecule has 0 saturated heterocycles. The van der Waals surface area contributed by atoms with Crippen LogP contribution in [0.2, 0.25) is 0 Å². The second kappa shape index (κ2) is 7.96. The van der Waals surface area contributed by atoms with Crippen LogP contribution in [0.15, 0.2) is 103 Å². The molecule has 25 heavy (non-hydrogen) atoms. The van der Waals surface area contributed by atoms with Crippen LogP contribution in [0, 0.1) is 0 Å². The molecule has 1 N–H and O–H groups in total. The standard InChI is InChI=1S/C24H25N/c1-3-13-20(2)25-24(21-14-7-4-8-15-21,22-16-9-5-10-17-22)23-18-11-6-12-19-23/h3-20,25H,1-2H3/b13-3+. The van der Waals surface area contributed by atoms with Crippen LogP contribution in [0.1, 0.15) is 30.5 Å². The average Bonchev–Trinajstić information content (AvgIpc) is 2.68. The molecule has 0 bridgehead atoms. The lowest BCUT2D eigenvalue weighted by Gasteiger charge is -2.39. The van der Waals surface area contributed by atoms with Crippen LogP contribution in [-0.2, 0) is 5.54 Å². The normalized spacial score (nSPS) is 13.0.